The van der Waals surface area contributed by atoms with Gasteiger partial charge >= 0.3 is 6.09 Å². The van der Waals surface area contributed by atoms with E-state index in [1.54, 1.807) is 0 Å². The average Bonchev–Trinajstić information content (AvgIpc) is 2.90. The van der Waals surface area contributed by atoms with Crippen LogP contribution in [0.1, 0.15) is 85.0 Å². The van der Waals surface area contributed by atoms with Crippen molar-refractivity contribution in [2.24, 2.45) is 11.3 Å². The first-order valence-corrected chi connectivity index (χ1v) is 11.0. The minimum Gasteiger partial charge on any atom is -0.444 e. The molecule has 3 rings (SSSR count). The summed E-state index contributed by atoms with van der Waals surface area (Å²) in [4.78, 5) is 29.2. The van der Waals surface area contributed by atoms with Crippen LogP contribution in [0, 0.1) is 11.3 Å². The lowest BCUT2D eigenvalue weighted by Gasteiger charge is -2.47. The molecule has 5 nitrogen and oxygen atoms in total. The highest BCUT2D eigenvalue weighted by atomic mass is 16.6. The van der Waals surface area contributed by atoms with Gasteiger partial charge < -0.3 is 14.5 Å². The lowest BCUT2D eigenvalue weighted by molar-refractivity contribution is -0.138. The third-order valence-corrected chi connectivity index (χ3v) is 6.82. The second-order valence-corrected chi connectivity index (χ2v) is 9.98. The summed E-state index contributed by atoms with van der Waals surface area (Å²) in [7, 11) is 0. The Morgan fingerprint density at radius 2 is 1.30 bits per heavy atom. The molecule has 27 heavy (non-hydrogen) atoms. The highest BCUT2D eigenvalue weighted by Gasteiger charge is 2.40. The first kappa shape index (κ1) is 20.5. The molecule has 0 N–H and O–H groups in total. The third kappa shape index (κ3) is 5.39. The minimum absolute atomic E-state index is 0.182. The summed E-state index contributed by atoms with van der Waals surface area (Å²) < 4.78 is 5.51. The van der Waals surface area contributed by atoms with E-state index in [1.807, 2.05) is 25.7 Å². The first-order chi connectivity index (χ1) is 12.8. The number of hydrogen-bond acceptors (Lipinski definition) is 3. The van der Waals surface area contributed by atoms with Crippen LogP contribution in [0.15, 0.2) is 0 Å². The molecule has 3 aliphatic rings. The van der Waals surface area contributed by atoms with Crippen molar-refractivity contribution in [2.75, 3.05) is 26.2 Å². The van der Waals surface area contributed by atoms with E-state index in [0.717, 1.165) is 64.7 Å². The standard InChI is InChI=1S/C22H38N2O3/c1-21(2,3)27-20(26)24-16-12-22(13-17-24)10-14-23(15-11-22)19(25)18-8-6-4-5-7-9-18/h18H,4-17H2,1-3H3. The van der Waals surface area contributed by atoms with E-state index in [4.69, 9.17) is 4.74 Å². The van der Waals surface area contributed by atoms with E-state index in [-0.39, 0.29) is 12.0 Å². The molecule has 0 unspecified atom stereocenters. The summed E-state index contributed by atoms with van der Waals surface area (Å²) in [5.74, 6) is 0.688. The zero-order valence-electron chi connectivity index (χ0n) is 17.6. The van der Waals surface area contributed by atoms with Gasteiger partial charge in [-0.2, -0.15) is 0 Å². The van der Waals surface area contributed by atoms with Crippen LogP contribution in [0.3, 0.4) is 0 Å². The largest absolute Gasteiger partial charge is 0.444 e. The molecule has 2 heterocycles. The SMILES string of the molecule is CC(C)(C)OC(=O)N1CCC2(CC1)CCN(C(=O)C1CCCCCC1)CC2. The summed E-state index contributed by atoms with van der Waals surface area (Å²) in [5, 5.41) is 0. The Kier molecular flexibility index (Phi) is 6.37. The zero-order chi connectivity index (χ0) is 19.5. The van der Waals surface area contributed by atoms with Gasteiger partial charge in [-0.05, 0) is 64.7 Å². The maximum atomic E-state index is 12.9. The van der Waals surface area contributed by atoms with Gasteiger partial charge in [0.25, 0.3) is 0 Å². The van der Waals surface area contributed by atoms with Crippen molar-refractivity contribution < 1.29 is 14.3 Å². The zero-order valence-corrected chi connectivity index (χ0v) is 17.6. The fourth-order valence-electron chi connectivity index (χ4n) is 4.98. The number of rotatable bonds is 1. The van der Waals surface area contributed by atoms with E-state index in [2.05, 4.69) is 4.90 Å². The number of likely N-dealkylation sites (tertiary alicyclic amines) is 2. The summed E-state index contributed by atoms with van der Waals surface area (Å²) in [6, 6.07) is 0. The van der Waals surface area contributed by atoms with Crippen molar-refractivity contribution in [3.05, 3.63) is 0 Å². The molecule has 0 aromatic carbocycles. The molecule has 0 bridgehead atoms. The van der Waals surface area contributed by atoms with Crippen molar-refractivity contribution in [1.29, 1.82) is 0 Å². The Morgan fingerprint density at radius 1 is 0.815 bits per heavy atom. The lowest BCUT2D eigenvalue weighted by atomic mass is 9.71. The van der Waals surface area contributed by atoms with Crippen molar-refractivity contribution in [2.45, 2.75) is 90.6 Å². The molecule has 0 aromatic rings. The van der Waals surface area contributed by atoms with E-state index in [9.17, 15) is 9.59 Å². The smallest absolute Gasteiger partial charge is 0.410 e. The number of carbonyl (C=O) groups excluding carboxylic acids is 2. The van der Waals surface area contributed by atoms with Crippen LogP contribution < -0.4 is 0 Å². The fourth-order valence-corrected chi connectivity index (χ4v) is 4.98. The monoisotopic (exact) mass is 378 g/mol. The summed E-state index contributed by atoms with van der Waals surface area (Å²) in [5.41, 5.74) is -0.116. The van der Waals surface area contributed by atoms with Crippen LogP contribution in [0.4, 0.5) is 4.79 Å². The molecule has 0 radical (unpaired) electrons. The Hall–Kier alpha value is -1.26. The van der Waals surface area contributed by atoms with Gasteiger partial charge in [-0.25, -0.2) is 4.79 Å². The highest BCUT2D eigenvalue weighted by Crippen LogP contribution is 2.42. The van der Waals surface area contributed by atoms with Gasteiger partial charge in [0.05, 0.1) is 0 Å². The molecule has 5 heteroatoms. The molecule has 2 aliphatic heterocycles. The number of hydrogen-bond donors (Lipinski definition) is 0. The number of nitrogens with zero attached hydrogens (tertiary/aromatic N) is 2. The Morgan fingerprint density at radius 3 is 1.78 bits per heavy atom. The summed E-state index contributed by atoms with van der Waals surface area (Å²) >= 11 is 0. The predicted octanol–water partition coefficient (Wildman–Crippen LogP) is 4.60. The van der Waals surface area contributed by atoms with E-state index >= 15 is 0 Å². The van der Waals surface area contributed by atoms with Crippen LogP contribution in [0.2, 0.25) is 0 Å². The van der Waals surface area contributed by atoms with Crippen molar-refractivity contribution >= 4 is 12.0 Å². The van der Waals surface area contributed by atoms with Crippen LogP contribution in [-0.2, 0) is 9.53 Å². The molecular weight excluding hydrogens is 340 g/mol. The van der Waals surface area contributed by atoms with Crippen molar-refractivity contribution in [3.63, 3.8) is 0 Å². The summed E-state index contributed by atoms with van der Waals surface area (Å²) in [6.45, 7) is 9.12. The van der Waals surface area contributed by atoms with Gasteiger partial charge in [0.2, 0.25) is 5.91 Å². The van der Waals surface area contributed by atoms with Crippen LogP contribution >= 0.6 is 0 Å². The van der Waals surface area contributed by atoms with E-state index < -0.39 is 5.60 Å². The molecular formula is C22H38N2O3. The Bertz CT molecular complexity index is 514. The molecule has 1 aliphatic carbocycles. The van der Waals surface area contributed by atoms with Crippen molar-refractivity contribution in [1.82, 2.24) is 9.80 Å². The van der Waals surface area contributed by atoms with E-state index in [0.29, 0.717) is 11.3 Å². The van der Waals surface area contributed by atoms with Gasteiger partial charge in [-0.15, -0.1) is 0 Å². The maximum absolute atomic E-state index is 12.9. The molecule has 2 saturated heterocycles. The number of piperidine rings is 2. The van der Waals surface area contributed by atoms with Crippen LogP contribution in [0.25, 0.3) is 0 Å². The Balaban J connectivity index is 1.46. The van der Waals surface area contributed by atoms with Gasteiger partial charge in [0.1, 0.15) is 5.60 Å². The molecule has 154 valence electrons. The molecule has 0 aromatic heterocycles. The molecule has 0 atom stereocenters. The highest BCUT2D eigenvalue weighted by molar-refractivity contribution is 5.79. The molecule has 1 saturated carbocycles. The lowest BCUT2D eigenvalue weighted by Crippen LogP contribution is -2.50. The van der Waals surface area contributed by atoms with Crippen molar-refractivity contribution in [3.8, 4) is 0 Å². The number of ether oxygens (including phenoxy) is 1. The number of carbonyl (C=O) groups is 2. The summed E-state index contributed by atoms with van der Waals surface area (Å²) in [6.07, 6.45) is 11.3. The van der Waals surface area contributed by atoms with Gasteiger partial charge in [0.15, 0.2) is 0 Å². The van der Waals surface area contributed by atoms with Gasteiger partial charge in [-0.3, -0.25) is 4.79 Å². The quantitative estimate of drug-likeness (QED) is 0.627. The second-order valence-electron chi connectivity index (χ2n) is 9.98. The van der Waals surface area contributed by atoms with Crippen LogP contribution in [0.5, 0.6) is 0 Å². The van der Waals surface area contributed by atoms with E-state index in [1.165, 1.54) is 25.7 Å². The van der Waals surface area contributed by atoms with Crippen LogP contribution in [-0.4, -0.2) is 53.6 Å². The topological polar surface area (TPSA) is 49.9 Å². The minimum atomic E-state index is -0.435. The Labute approximate surface area is 164 Å². The second kappa shape index (κ2) is 8.40. The van der Waals surface area contributed by atoms with Gasteiger partial charge in [0, 0.05) is 32.1 Å². The average molecular weight is 379 g/mol. The predicted molar refractivity (Wildman–Crippen MR) is 106 cm³/mol. The maximum Gasteiger partial charge on any atom is 0.410 e. The third-order valence-electron chi connectivity index (χ3n) is 6.82. The molecule has 1 spiro atoms. The first-order valence-electron chi connectivity index (χ1n) is 11.0. The normalized spacial score (nSPS) is 24.6. The molecule has 2 amide bonds. The molecule has 3 fully saturated rings. The fraction of sp³-hybridized carbons (Fsp3) is 0.909. The van der Waals surface area contributed by atoms with Gasteiger partial charge in [-0.1, -0.05) is 25.7 Å². The number of amides is 2.